The Morgan fingerprint density at radius 3 is 2.12 bits per heavy atom. The highest BCUT2D eigenvalue weighted by atomic mass is 16.5. The van der Waals surface area contributed by atoms with E-state index in [1.807, 2.05) is 54.6 Å². The molecule has 0 heterocycles. The predicted octanol–water partition coefficient (Wildman–Crippen LogP) is 3.71. The van der Waals surface area contributed by atoms with Gasteiger partial charge in [-0.2, -0.15) is 0 Å². The van der Waals surface area contributed by atoms with Crippen molar-refractivity contribution < 1.29 is 14.3 Å². The number of carbonyl (C=O) groups excluding carboxylic acids is 1. The summed E-state index contributed by atoms with van der Waals surface area (Å²) < 4.78 is 10.8. The largest absolute Gasteiger partial charge is 0.497 e. The monoisotopic (exact) mass is 341 g/mol. The Morgan fingerprint density at radius 2 is 1.56 bits per heavy atom. The number of likely N-dealkylation sites (N-methyl/N-ethyl adjacent to an activating group) is 1. The van der Waals surface area contributed by atoms with Crippen LogP contribution in [-0.4, -0.2) is 44.2 Å². The molecule has 0 N–H and O–H groups in total. The Bertz CT molecular complexity index is 636. The van der Waals surface area contributed by atoms with E-state index in [0.29, 0.717) is 6.61 Å². The zero-order chi connectivity index (χ0) is 18.1. The number of nitrogens with zero attached hydrogens (tertiary/aromatic N) is 1. The summed E-state index contributed by atoms with van der Waals surface area (Å²) in [5.41, 5.74) is 1.83. The number of rotatable bonds is 9. The number of ether oxygens (including phenoxy) is 2. The second-order valence-electron chi connectivity index (χ2n) is 5.81. The van der Waals surface area contributed by atoms with Crippen molar-refractivity contribution in [2.45, 2.75) is 19.8 Å². The lowest BCUT2D eigenvalue weighted by Crippen LogP contribution is -2.29. The quantitative estimate of drug-likeness (QED) is 0.652. The third kappa shape index (κ3) is 5.33. The normalized spacial score (nSPS) is 12.0. The molecule has 1 atom stereocenters. The number of carbonyl (C=O) groups is 1. The van der Waals surface area contributed by atoms with Crippen LogP contribution >= 0.6 is 0 Å². The molecule has 0 saturated carbocycles. The van der Waals surface area contributed by atoms with Gasteiger partial charge in [-0.15, -0.1) is 0 Å². The lowest BCUT2D eigenvalue weighted by Gasteiger charge is -2.20. The van der Waals surface area contributed by atoms with Crippen molar-refractivity contribution in [3.8, 4) is 5.75 Å². The van der Waals surface area contributed by atoms with E-state index in [1.54, 1.807) is 7.11 Å². The topological polar surface area (TPSA) is 38.8 Å². The third-order valence-corrected chi connectivity index (χ3v) is 4.36. The van der Waals surface area contributed by atoms with Crippen LogP contribution in [0.3, 0.4) is 0 Å². The zero-order valence-corrected chi connectivity index (χ0v) is 15.3. The Kier molecular flexibility index (Phi) is 7.48. The fraction of sp³-hybridized carbons (Fsp3) is 0.381. The van der Waals surface area contributed by atoms with Crippen molar-refractivity contribution in [1.29, 1.82) is 0 Å². The fourth-order valence-corrected chi connectivity index (χ4v) is 2.80. The minimum Gasteiger partial charge on any atom is -0.497 e. The molecule has 2 aromatic rings. The van der Waals surface area contributed by atoms with E-state index >= 15 is 0 Å². The second-order valence-corrected chi connectivity index (χ2v) is 5.81. The van der Waals surface area contributed by atoms with Crippen LogP contribution in [0.1, 0.15) is 30.9 Å². The fourth-order valence-electron chi connectivity index (χ4n) is 2.80. The van der Waals surface area contributed by atoms with E-state index < -0.39 is 5.92 Å². The molecule has 0 aliphatic rings. The molecule has 0 radical (unpaired) electrons. The number of esters is 1. The van der Waals surface area contributed by atoms with E-state index in [0.717, 1.165) is 36.5 Å². The smallest absolute Gasteiger partial charge is 0.317 e. The summed E-state index contributed by atoms with van der Waals surface area (Å²) in [5.74, 6) is 0.123. The van der Waals surface area contributed by atoms with Crippen LogP contribution in [0.4, 0.5) is 0 Å². The third-order valence-electron chi connectivity index (χ3n) is 4.36. The summed E-state index contributed by atoms with van der Waals surface area (Å²) in [7, 11) is 1.63. The highest BCUT2D eigenvalue weighted by Crippen LogP contribution is 2.27. The van der Waals surface area contributed by atoms with Crippen molar-refractivity contribution in [3.05, 3.63) is 65.7 Å². The van der Waals surface area contributed by atoms with Crippen molar-refractivity contribution in [1.82, 2.24) is 4.90 Å². The number of hydrogen-bond donors (Lipinski definition) is 0. The summed E-state index contributed by atoms with van der Waals surface area (Å²) in [6.07, 6.45) is 0. The molecule has 0 aliphatic carbocycles. The molecular formula is C21H27NO3. The van der Waals surface area contributed by atoms with Gasteiger partial charge in [-0.3, -0.25) is 4.79 Å². The lowest BCUT2D eigenvalue weighted by molar-refractivity contribution is -0.144. The molecule has 25 heavy (non-hydrogen) atoms. The first-order valence-electron chi connectivity index (χ1n) is 8.77. The molecule has 2 aromatic carbocycles. The van der Waals surface area contributed by atoms with Gasteiger partial charge in [0.2, 0.25) is 0 Å². The first kappa shape index (κ1) is 19.0. The van der Waals surface area contributed by atoms with Crippen molar-refractivity contribution >= 4 is 5.97 Å². The first-order valence-corrected chi connectivity index (χ1v) is 8.77. The molecule has 0 saturated heterocycles. The van der Waals surface area contributed by atoms with Crippen molar-refractivity contribution in [2.75, 3.05) is 33.4 Å². The first-order chi connectivity index (χ1) is 12.2. The SMILES string of the molecule is CCN(CC)CCOC(=O)[C@H](c1ccccc1)c1ccc(OC)cc1. The Balaban J connectivity index is 2.15. The number of methoxy groups -OCH3 is 1. The molecule has 0 aromatic heterocycles. The summed E-state index contributed by atoms with van der Waals surface area (Å²) in [4.78, 5) is 15.0. The van der Waals surface area contributed by atoms with Gasteiger partial charge >= 0.3 is 5.97 Å². The minimum absolute atomic E-state index is 0.219. The highest BCUT2D eigenvalue weighted by molar-refractivity contribution is 5.82. The molecule has 2 rings (SSSR count). The molecule has 0 amide bonds. The van der Waals surface area contributed by atoms with Crippen LogP contribution in [0.15, 0.2) is 54.6 Å². The second kappa shape index (κ2) is 9.84. The molecular weight excluding hydrogens is 314 g/mol. The standard InChI is InChI=1S/C21H27NO3/c1-4-22(5-2)15-16-25-21(23)20(17-9-7-6-8-10-17)18-11-13-19(24-3)14-12-18/h6-14,20H,4-5,15-16H2,1-3H3/t20-/m1/s1. The summed E-state index contributed by atoms with van der Waals surface area (Å²) in [6.45, 7) is 7.27. The van der Waals surface area contributed by atoms with Crippen LogP contribution < -0.4 is 4.74 Å². The number of benzene rings is 2. The Morgan fingerprint density at radius 1 is 0.960 bits per heavy atom. The van der Waals surface area contributed by atoms with E-state index in [4.69, 9.17) is 9.47 Å². The Hall–Kier alpha value is -2.33. The van der Waals surface area contributed by atoms with Gasteiger partial charge < -0.3 is 14.4 Å². The van der Waals surface area contributed by atoms with Gasteiger partial charge in [0.25, 0.3) is 0 Å². The lowest BCUT2D eigenvalue weighted by atomic mass is 9.91. The maximum atomic E-state index is 12.8. The maximum Gasteiger partial charge on any atom is 0.317 e. The van der Waals surface area contributed by atoms with Gasteiger partial charge in [0.15, 0.2) is 0 Å². The molecule has 4 nitrogen and oxygen atoms in total. The molecule has 4 heteroatoms. The van der Waals surface area contributed by atoms with E-state index in [2.05, 4.69) is 18.7 Å². The van der Waals surface area contributed by atoms with Gasteiger partial charge in [-0.25, -0.2) is 0 Å². The van der Waals surface area contributed by atoms with Crippen molar-refractivity contribution in [3.63, 3.8) is 0 Å². The van der Waals surface area contributed by atoms with E-state index in [1.165, 1.54) is 0 Å². The predicted molar refractivity (Wildman–Crippen MR) is 100 cm³/mol. The minimum atomic E-state index is -0.427. The Labute approximate surface area is 150 Å². The van der Waals surface area contributed by atoms with Gasteiger partial charge in [0, 0.05) is 6.54 Å². The average Bonchev–Trinajstić information content (AvgIpc) is 2.67. The summed E-state index contributed by atoms with van der Waals surface area (Å²) >= 11 is 0. The molecule has 0 spiro atoms. The molecule has 0 bridgehead atoms. The molecule has 0 fully saturated rings. The van der Waals surface area contributed by atoms with Gasteiger partial charge in [-0.1, -0.05) is 56.3 Å². The van der Waals surface area contributed by atoms with Crippen molar-refractivity contribution in [2.24, 2.45) is 0 Å². The zero-order valence-electron chi connectivity index (χ0n) is 15.3. The maximum absolute atomic E-state index is 12.8. The van der Waals surface area contributed by atoms with Crippen LogP contribution in [0.25, 0.3) is 0 Å². The summed E-state index contributed by atoms with van der Waals surface area (Å²) in [6, 6.07) is 17.3. The van der Waals surface area contributed by atoms with Gasteiger partial charge in [0.05, 0.1) is 7.11 Å². The molecule has 0 aliphatic heterocycles. The van der Waals surface area contributed by atoms with E-state index in [-0.39, 0.29) is 5.97 Å². The number of hydrogen-bond acceptors (Lipinski definition) is 4. The van der Waals surface area contributed by atoms with Crippen LogP contribution in [0.2, 0.25) is 0 Å². The van der Waals surface area contributed by atoms with E-state index in [9.17, 15) is 4.79 Å². The van der Waals surface area contributed by atoms with Gasteiger partial charge in [0.1, 0.15) is 18.3 Å². The molecule has 0 unspecified atom stereocenters. The van der Waals surface area contributed by atoms with Crippen LogP contribution in [-0.2, 0) is 9.53 Å². The highest BCUT2D eigenvalue weighted by Gasteiger charge is 2.24. The molecule has 134 valence electrons. The summed E-state index contributed by atoms with van der Waals surface area (Å²) in [5, 5.41) is 0. The van der Waals surface area contributed by atoms with Gasteiger partial charge in [-0.05, 0) is 36.3 Å². The average molecular weight is 341 g/mol. The van der Waals surface area contributed by atoms with Crippen LogP contribution in [0.5, 0.6) is 5.75 Å². The van der Waals surface area contributed by atoms with Crippen LogP contribution in [0, 0.1) is 0 Å².